The molecule has 6 aromatic carbocycles. The summed E-state index contributed by atoms with van der Waals surface area (Å²) in [6.07, 6.45) is 7.00. The zero-order valence-corrected chi connectivity index (χ0v) is 21.4. The number of hydrogen-bond donors (Lipinski definition) is 3. The molecular formula is C36H27N3. The number of benzene rings is 6. The van der Waals surface area contributed by atoms with Crippen LogP contribution in [0.5, 0.6) is 0 Å². The van der Waals surface area contributed by atoms with E-state index < -0.39 is 0 Å². The molecule has 0 aliphatic heterocycles. The van der Waals surface area contributed by atoms with E-state index in [1.165, 1.54) is 32.7 Å². The molecule has 0 unspecified atom stereocenters. The quantitative estimate of drug-likeness (QED) is 0.126. The van der Waals surface area contributed by atoms with Gasteiger partial charge in [-0.1, -0.05) is 103 Å². The van der Waals surface area contributed by atoms with Gasteiger partial charge in [0, 0.05) is 17.5 Å². The number of allylic oxidation sites excluding steroid dienone is 1. The summed E-state index contributed by atoms with van der Waals surface area (Å²) in [5, 5.41) is 8.23. The Hall–Kier alpha value is -5.46. The van der Waals surface area contributed by atoms with Crippen LogP contribution in [-0.2, 0) is 0 Å². The Morgan fingerprint density at radius 2 is 1.08 bits per heavy atom. The average molecular weight is 502 g/mol. The molecule has 0 atom stereocenters. The number of hydrogen-bond acceptors (Lipinski definition) is 3. The fraction of sp³-hybridized carbons (Fsp3) is 0. The normalized spacial score (nSPS) is 11.4. The molecular weight excluding hydrogens is 474 g/mol. The van der Waals surface area contributed by atoms with Crippen LogP contribution < -0.4 is 16.8 Å². The van der Waals surface area contributed by atoms with Gasteiger partial charge in [0.1, 0.15) is 0 Å². The second kappa shape index (κ2) is 10.1. The summed E-state index contributed by atoms with van der Waals surface area (Å²) in [5.41, 5.74) is 21.1. The molecule has 0 saturated heterocycles. The molecule has 0 fully saturated rings. The van der Waals surface area contributed by atoms with E-state index in [0.717, 1.165) is 33.8 Å². The topological polar surface area (TPSA) is 64.1 Å². The highest BCUT2D eigenvalue weighted by Gasteiger charge is 2.16. The Morgan fingerprint density at radius 3 is 1.56 bits per heavy atom. The Morgan fingerprint density at radius 1 is 0.615 bits per heavy atom. The van der Waals surface area contributed by atoms with Crippen LogP contribution in [0.4, 0.5) is 17.1 Å². The summed E-state index contributed by atoms with van der Waals surface area (Å²) in [6.45, 7) is 0. The summed E-state index contributed by atoms with van der Waals surface area (Å²) < 4.78 is 0. The van der Waals surface area contributed by atoms with Crippen molar-refractivity contribution in [3.05, 3.63) is 133 Å². The number of rotatable bonds is 5. The maximum Gasteiger partial charge on any atom is 0.0617 e. The van der Waals surface area contributed by atoms with Crippen LogP contribution in [0.2, 0.25) is 0 Å². The van der Waals surface area contributed by atoms with Crippen molar-refractivity contribution in [2.45, 2.75) is 0 Å². The second-order valence-corrected chi connectivity index (χ2v) is 9.47. The molecule has 0 aliphatic carbocycles. The molecule has 0 radical (unpaired) electrons. The van der Waals surface area contributed by atoms with E-state index in [1.54, 1.807) is 6.08 Å². The van der Waals surface area contributed by atoms with Gasteiger partial charge >= 0.3 is 0 Å². The van der Waals surface area contributed by atoms with Crippen LogP contribution in [0, 0.1) is 12.3 Å². The highest BCUT2D eigenvalue weighted by Crippen LogP contribution is 2.43. The third kappa shape index (κ3) is 4.45. The second-order valence-electron chi connectivity index (χ2n) is 9.47. The molecule has 5 N–H and O–H groups in total. The maximum atomic E-state index is 6.13. The van der Waals surface area contributed by atoms with Crippen molar-refractivity contribution in [2.24, 2.45) is 5.73 Å². The Kier molecular flexibility index (Phi) is 6.21. The lowest BCUT2D eigenvalue weighted by Crippen LogP contribution is -1.96. The SMILES string of the molecule is C#C/C=C(\N)c1ccc(-c2c3ccccc3c(-c3ccc(Nc4ccccc4N)cc3)c3ccccc23)cc1. The number of nitrogens with two attached hydrogens (primary N) is 2. The molecule has 39 heavy (non-hydrogen) atoms. The third-order valence-corrected chi connectivity index (χ3v) is 7.09. The minimum absolute atomic E-state index is 0.585. The lowest BCUT2D eigenvalue weighted by atomic mass is 9.86. The lowest BCUT2D eigenvalue weighted by molar-refractivity contribution is 1.52. The number of anilines is 3. The molecule has 3 heteroatoms. The van der Waals surface area contributed by atoms with E-state index in [4.69, 9.17) is 17.9 Å². The predicted molar refractivity (Wildman–Crippen MR) is 167 cm³/mol. The standard InChI is InChI=1S/C36H27N3/c1-2-9-32(37)24-16-18-25(19-17-24)35-28-10-3-5-12-30(28)36(31-13-6-4-11-29(31)35)26-20-22-27(23-21-26)39-34-15-8-7-14-33(34)38/h1,3-23,39H,37-38H2/b32-9-. The number of nitrogen functional groups attached to an aromatic ring is 1. The minimum atomic E-state index is 0.585. The first-order valence-electron chi connectivity index (χ1n) is 12.8. The molecule has 6 rings (SSSR count). The van der Waals surface area contributed by atoms with E-state index >= 15 is 0 Å². The van der Waals surface area contributed by atoms with Crippen molar-refractivity contribution < 1.29 is 0 Å². The van der Waals surface area contributed by atoms with Crippen molar-refractivity contribution in [3.8, 4) is 34.6 Å². The summed E-state index contributed by atoms with van der Waals surface area (Å²) >= 11 is 0. The first kappa shape index (κ1) is 23.9. The first-order valence-corrected chi connectivity index (χ1v) is 12.8. The zero-order valence-electron chi connectivity index (χ0n) is 21.4. The van der Waals surface area contributed by atoms with E-state index in [-0.39, 0.29) is 0 Å². The molecule has 0 aliphatic rings. The third-order valence-electron chi connectivity index (χ3n) is 7.09. The van der Waals surface area contributed by atoms with Gasteiger partial charge in [-0.15, -0.1) is 6.42 Å². The van der Waals surface area contributed by atoms with Gasteiger partial charge in [-0.25, -0.2) is 0 Å². The van der Waals surface area contributed by atoms with Crippen molar-refractivity contribution in [1.82, 2.24) is 0 Å². The van der Waals surface area contributed by atoms with Gasteiger partial charge in [-0.2, -0.15) is 0 Å². The van der Waals surface area contributed by atoms with Gasteiger partial charge < -0.3 is 16.8 Å². The van der Waals surface area contributed by atoms with E-state index in [1.807, 2.05) is 36.4 Å². The highest BCUT2D eigenvalue weighted by molar-refractivity contribution is 6.21. The lowest BCUT2D eigenvalue weighted by Gasteiger charge is -2.18. The monoisotopic (exact) mass is 501 g/mol. The largest absolute Gasteiger partial charge is 0.398 e. The molecule has 0 saturated carbocycles. The molecule has 0 bridgehead atoms. The first-order chi connectivity index (χ1) is 19.1. The number of fused-ring (bicyclic) bond motifs is 2. The highest BCUT2D eigenvalue weighted by atomic mass is 14.9. The van der Waals surface area contributed by atoms with Crippen LogP contribution in [-0.4, -0.2) is 0 Å². The van der Waals surface area contributed by atoms with E-state index in [0.29, 0.717) is 5.70 Å². The van der Waals surface area contributed by atoms with Gasteiger partial charge in [-0.3, -0.25) is 0 Å². The Balaban J connectivity index is 1.50. The van der Waals surface area contributed by atoms with Crippen LogP contribution in [0.3, 0.4) is 0 Å². The molecule has 0 spiro atoms. The molecule has 0 amide bonds. The zero-order chi connectivity index (χ0) is 26.8. The summed E-state index contributed by atoms with van der Waals surface area (Å²) in [7, 11) is 0. The Labute approximate surface area is 228 Å². The fourth-order valence-electron chi connectivity index (χ4n) is 5.24. The molecule has 0 heterocycles. The smallest absolute Gasteiger partial charge is 0.0617 e. The summed E-state index contributed by atoms with van der Waals surface area (Å²) in [4.78, 5) is 0. The number of para-hydroxylation sites is 2. The average Bonchev–Trinajstić information content (AvgIpc) is 2.98. The van der Waals surface area contributed by atoms with Gasteiger partial charge in [0.2, 0.25) is 0 Å². The predicted octanol–water partition coefficient (Wildman–Crippen LogP) is 8.59. The van der Waals surface area contributed by atoms with Crippen molar-refractivity contribution >= 4 is 44.3 Å². The van der Waals surface area contributed by atoms with Crippen LogP contribution >= 0.6 is 0 Å². The fourth-order valence-corrected chi connectivity index (χ4v) is 5.24. The molecule has 186 valence electrons. The van der Waals surface area contributed by atoms with Gasteiger partial charge in [-0.05, 0) is 73.6 Å². The molecule has 6 aromatic rings. The van der Waals surface area contributed by atoms with Crippen molar-refractivity contribution in [3.63, 3.8) is 0 Å². The van der Waals surface area contributed by atoms with Gasteiger partial charge in [0.15, 0.2) is 0 Å². The maximum absolute atomic E-state index is 6.13. The summed E-state index contributed by atoms with van der Waals surface area (Å²) in [6, 6.07) is 41.9. The molecule has 3 nitrogen and oxygen atoms in total. The van der Waals surface area contributed by atoms with Crippen molar-refractivity contribution in [2.75, 3.05) is 11.1 Å². The van der Waals surface area contributed by atoms with Crippen LogP contribution in [0.25, 0.3) is 49.5 Å². The van der Waals surface area contributed by atoms with Gasteiger partial charge in [0.05, 0.1) is 11.4 Å². The van der Waals surface area contributed by atoms with Crippen molar-refractivity contribution in [1.29, 1.82) is 0 Å². The van der Waals surface area contributed by atoms with Crippen LogP contribution in [0.15, 0.2) is 127 Å². The minimum Gasteiger partial charge on any atom is -0.398 e. The summed E-state index contributed by atoms with van der Waals surface area (Å²) in [5.74, 6) is 2.50. The molecule has 0 aromatic heterocycles. The van der Waals surface area contributed by atoms with Crippen LogP contribution in [0.1, 0.15) is 5.56 Å². The van der Waals surface area contributed by atoms with E-state index in [2.05, 4.69) is 96.2 Å². The number of nitrogens with one attached hydrogen (secondary N) is 1. The Bertz CT molecular complexity index is 1830. The number of terminal acetylenes is 1. The van der Waals surface area contributed by atoms with Gasteiger partial charge in [0.25, 0.3) is 0 Å². The van der Waals surface area contributed by atoms with E-state index in [9.17, 15) is 0 Å².